The van der Waals surface area contributed by atoms with Crippen LogP contribution in [-0.2, 0) is 0 Å². The molecule has 3 heterocycles. The lowest BCUT2D eigenvalue weighted by Crippen LogP contribution is -1.98. The minimum Gasteiger partial charge on any atom is -0.309 e. The smallest absolute Gasteiger partial charge is 0.160 e. The maximum Gasteiger partial charge on any atom is 0.160 e. The molecule has 11 rings (SSSR count). The van der Waals surface area contributed by atoms with E-state index in [1.54, 1.807) is 0 Å². The van der Waals surface area contributed by atoms with E-state index in [2.05, 4.69) is 9.97 Å². The van der Waals surface area contributed by atoms with Gasteiger partial charge in [-0.1, -0.05) is 132 Å². The lowest BCUT2D eigenvalue weighted by Gasteiger charge is -2.13. The molecule has 0 N–H and O–H groups in total. The normalized spacial score (nSPS) is 19.6. The Labute approximate surface area is 361 Å². The molecule has 0 atom stereocenters. The largest absolute Gasteiger partial charge is 0.309 e. The Kier molecular flexibility index (Phi) is 2.98. The summed E-state index contributed by atoms with van der Waals surface area (Å²) in [6.07, 6.45) is 0. The third-order valence-corrected chi connectivity index (χ3v) is 8.72. The van der Waals surface area contributed by atoms with Gasteiger partial charge in [-0.2, -0.15) is 0 Å². The number of rotatable bonds is 5. The zero-order valence-electron chi connectivity index (χ0n) is 58.8. The van der Waals surface area contributed by atoms with Crippen LogP contribution in [0, 0.1) is 6.92 Å². The summed E-state index contributed by atoms with van der Waals surface area (Å²) in [4.78, 5) is 8.95. The van der Waals surface area contributed by atoms with Crippen molar-refractivity contribution in [2.24, 2.45) is 0 Å². The highest BCUT2D eigenvalue weighted by Gasteiger charge is 2.21. The van der Waals surface area contributed by atoms with Crippen molar-refractivity contribution >= 4 is 54.5 Å². The van der Waals surface area contributed by atoms with Crippen molar-refractivity contribution in [1.82, 2.24) is 19.1 Å². The number of nitrogens with zero attached hydrogens (tertiary/aromatic N) is 4. The average molecular weight is 734 g/mol. The summed E-state index contributed by atoms with van der Waals surface area (Å²) in [6.45, 7) is 1.27. The predicted octanol–water partition coefficient (Wildman–Crippen LogP) is 13.1. The first kappa shape index (κ1) is 13.2. The van der Waals surface area contributed by atoms with Crippen molar-refractivity contribution in [2.45, 2.75) is 6.92 Å². The van der Waals surface area contributed by atoms with E-state index in [1.165, 1.54) is 6.92 Å². The van der Waals surface area contributed by atoms with Crippen LogP contribution in [0.25, 0.3) is 99.7 Å². The number of benzene rings is 8. The van der Waals surface area contributed by atoms with Crippen molar-refractivity contribution < 1.29 is 42.5 Å². The summed E-state index contributed by atoms with van der Waals surface area (Å²) in [5, 5.41) is -2.69. The third kappa shape index (κ3) is 4.99. The molecular weight excluding hydrogens is 669 g/mol. The molecule has 0 aliphatic rings. The van der Waals surface area contributed by atoms with Crippen LogP contribution in [0.2, 0.25) is 0 Å². The third-order valence-electron chi connectivity index (χ3n) is 8.72. The molecule has 0 spiro atoms. The van der Waals surface area contributed by atoms with Crippen molar-refractivity contribution in [2.75, 3.05) is 0 Å². The predicted molar refractivity (Wildman–Crippen MR) is 229 cm³/mol. The van der Waals surface area contributed by atoms with E-state index in [4.69, 9.17) is 21.9 Å². The molecule has 11 aromatic rings. The quantitative estimate of drug-likeness (QED) is 0.177. The van der Waals surface area contributed by atoms with E-state index in [9.17, 15) is 20.6 Å². The molecule has 258 valence electrons. The average Bonchev–Trinajstić information content (AvgIpc) is 1.53. The highest BCUT2D eigenvalue weighted by molar-refractivity contribution is 6.28. The van der Waals surface area contributed by atoms with Crippen LogP contribution in [0.4, 0.5) is 0 Å². The van der Waals surface area contributed by atoms with Crippen molar-refractivity contribution in [1.29, 1.82) is 0 Å². The standard InChI is InChI=1S/C51H34N4/c1-33-23-28-43-42(31-33)50(36-26-24-35(25-27-36)34-13-4-2-5-14-34)53-51(52-43)37-15-12-18-39(32-37)55-45-22-11-9-20-41(45)49-47(55)30-29-46-48(49)40-19-8-10-21-44(40)54(46)38-16-6-3-7-17-38/h2-32H,1H3/i2D,3D,4D,5D,6D,7D,8D,9D,10D,11D,12D,13D,14D,15D,16D,17D,18D,19D,20D,21D,22D,23D,24D,25D,26D,27D,28D,29D,30D,31D,32D. The first-order valence-corrected chi connectivity index (χ1v) is 16.2. The molecule has 4 nitrogen and oxygen atoms in total. The van der Waals surface area contributed by atoms with Gasteiger partial charge in [-0.15, -0.1) is 0 Å². The summed E-state index contributed by atoms with van der Waals surface area (Å²) < 4.78 is 281. The summed E-state index contributed by atoms with van der Waals surface area (Å²) in [5.74, 6) is -0.894. The van der Waals surface area contributed by atoms with Crippen molar-refractivity contribution in [3.63, 3.8) is 0 Å². The molecule has 55 heavy (non-hydrogen) atoms. The summed E-state index contributed by atoms with van der Waals surface area (Å²) in [6, 6.07) is -28.5. The molecule has 0 fully saturated rings. The summed E-state index contributed by atoms with van der Waals surface area (Å²) in [7, 11) is 0. The van der Waals surface area contributed by atoms with Crippen LogP contribution >= 0.6 is 0 Å². The summed E-state index contributed by atoms with van der Waals surface area (Å²) >= 11 is 0. The monoisotopic (exact) mass is 733 g/mol. The Morgan fingerprint density at radius 3 is 1.64 bits per heavy atom. The van der Waals surface area contributed by atoms with Gasteiger partial charge >= 0.3 is 0 Å². The lowest BCUT2D eigenvalue weighted by atomic mass is 10.00. The minimum atomic E-state index is -1.10. The lowest BCUT2D eigenvalue weighted by molar-refractivity contribution is 1.17. The van der Waals surface area contributed by atoms with Gasteiger partial charge in [0, 0.05) is 49.4 Å². The fraction of sp³-hybridized carbons (Fsp3) is 0.0196. The van der Waals surface area contributed by atoms with Gasteiger partial charge < -0.3 is 9.13 Å². The van der Waals surface area contributed by atoms with E-state index in [1.807, 2.05) is 0 Å². The number of hydrogen-bond acceptors (Lipinski definition) is 2. The Balaban J connectivity index is 1.34. The van der Waals surface area contributed by atoms with Gasteiger partial charge in [0.05, 0.1) is 75.8 Å². The molecule has 0 unspecified atom stereocenters. The maximum absolute atomic E-state index is 10.0. The molecule has 8 aromatic carbocycles. The maximum atomic E-state index is 10.0. The molecule has 0 aliphatic carbocycles. The molecular formula is C51H34N4. The zero-order chi connectivity index (χ0) is 63.4. The molecule has 0 radical (unpaired) electrons. The molecule has 0 saturated heterocycles. The second kappa shape index (κ2) is 12.4. The van der Waals surface area contributed by atoms with Gasteiger partial charge in [0.1, 0.15) is 0 Å². The highest BCUT2D eigenvalue weighted by Crippen LogP contribution is 2.42. The van der Waals surface area contributed by atoms with Crippen LogP contribution in [0.3, 0.4) is 0 Å². The van der Waals surface area contributed by atoms with Gasteiger partial charge in [-0.05, 0) is 78.5 Å². The van der Waals surface area contributed by atoms with Crippen LogP contribution in [0.15, 0.2) is 187 Å². The molecule has 0 aliphatic heterocycles. The van der Waals surface area contributed by atoms with Gasteiger partial charge in [0.25, 0.3) is 0 Å². The molecule has 0 bridgehead atoms. The van der Waals surface area contributed by atoms with E-state index in [-0.39, 0.29) is 5.56 Å². The Bertz CT molecular complexity index is 5000. The highest BCUT2D eigenvalue weighted by atomic mass is 15.0. The first-order chi connectivity index (χ1) is 40.1. The van der Waals surface area contributed by atoms with Gasteiger partial charge in [-0.25, -0.2) is 9.97 Å². The van der Waals surface area contributed by atoms with E-state index in [0.717, 1.165) is 9.13 Å². The molecule has 4 heteroatoms. The topological polar surface area (TPSA) is 35.6 Å². The molecule has 3 aromatic heterocycles. The fourth-order valence-corrected chi connectivity index (χ4v) is 6.46. The SMILES string of the molecule is [2H]c1c([2H])c([2H])c(-c2c([2H])c([2H])c(-c3nc(-c4c([2H])c([2H])c([2H])c(-n5c6c([2H])c([2H])c([2H])c([2H])c6c6c7c8c([2H])c([2H])c([2H])c([2H])c8n(-c8c([2H])c([2H])c([2H])c([2H])c8[2H])c7c([2H])c([2H])c65)c4[2H])nc4c([2H])c([2H])c(C)c([2H])c34)c([2H])c2[2H])c([2H])c1[2H]. The van der Waals surface area contributed by atoms with E-state index in [0.29, 0.717) is 0 Å². The number of aromatic nitrogens is 4. The summed E-state index contributed by atoms with van der Waals surface area (Å²) in [5.41, 5.74) is -8.99. The number of hydrogen-bond donors (Lipinski definition) is 0. The number of para-hydroxylation sites is 3. The first-order valence-electron chi connectivity index (χ1n) is 31.7. The van der Waals surface area contributed by atoms with Gasteiger partial charge in [0.15, 0.2) is 5.82 Å². The fourth-order valence-electron chi connectivity index (χ4n) is 6.46. The second-order valence-electron chi connectivity index (χ2n) is 11.9. The number of fused-ring (bicyclic) bond motifs is 8. The zero-order valence-corrected chi connectivity index (χ0v) is 27.8. The molecule has 0 saturated carbocycles. The minimum absolute atomic E-state index is 0.181. The Morgan fingerprint density at radius 2 is 0.945 bits per heavy atom. The van der Waals surface area contributed by atoms with Crippen LogP contribution in [0.1, 0.15) is 48.1 Å². The van der Waals surface area contributed by atoms with Crippen LogP contribution in [-0.4, -0.2) is 19.1 Å². The van der Waals surface area contributed by atoms with E-state index < -0.39 is 287 Å². The van der Waals surface area contributed by atoms with Gasteiger partial charge in [-0.3, -0.25) is 0 Å². The van der Waals surface area contributed by atoms with Crippen molar-refractivity contribution in [3.05, 3.63) is 193 Å². The Morgan fingerprint density at radius 1 is 0.400 bits per heavy atom. The molecule has 0 amide bonds. The van der Waals surface area contributed by atoms with Crippen LogP contribution < -0.4 is 0 Å². The van der Waals surface area contributed by atoms with Gasteiger partial charge in [0.2, 0.25) is 0 Å². The Hall–Kier alpha value is -7.30. The van der Waals surface area contributed by atoms with Crippen LogP contribution in [0.5, 0.6) is 0 Å². The van der Waals surface area contributed by atoms with Crippen molar-refractivity contribution in [3.8, 4) is 45.1 Å². The van der Waals surface area contributed by atoms with E-state index >= 15 is 0 Å². The second-order valence-corrected chi connectivity index (χ2v) is 11.9.